The Morgan fingerprint density at radius 3 is 2.77 bits per heavy atom. The van der Waals surface area contributed by atoms with Gasteiger partial charge in [-0.2, -0.15) is 0 Å². The van der Waals surface area contributed by atoms with Gasteiger partial charge in [0.1, 0.15) is 17.6 Å². The fourth-order valence-corrected chi connectivity index (χ4v) is 3.11. The summed E-state index contributed by atoms with van der Waals surface area (Å²) < 4.78 is 35.6. The molecule has 1 fully saturated rings. The molecule has 160 valence electrons. The number of benzene rings is 1. The van der Waals surface area contributed by atoms with Gasteiger partial charge in [0, 0.05) is 18.7 Å². The molecule has 1 aliphatic rings. The lowest BCUT2D eigenvalue weighted by atomic mass is 10.2. The van der Waals surface area contributed by atoms with Crippen LogP contribution >= 0.6 is 12.2 Å². The Morgan fingerprint density at radius 2 is 2.17 bits per heavy atom. The molecule has 0 spiro atoms. The van der Waals surface area contributed by atoms with Crippen molar-refractivity contribution >= 4 is 29.0 Å². The fraction of sp³-hybridized carbons (Fsp3) is 0.333. The van der Waals surface area contributed by atoms with Gasteiger partial charge < -0.3 is 25.0 Å². The van der Waals surface area contributed by atoms with E-state index in [4.69, 9.17) is 17.0 Å². The van der Waals surface area contributed by atoms with Gasteiger partial charge in [0.05, 0.1) is 38.6 Å². The van der Waals surface area contributed by atoms with Crippen molar-refractivity contribution in [2.75, 3.05) is 31.6 Å². The van der Waals surface area contributed by atoms with Gasteiger partial charge in [-0.15, -0.1) is 11.7 Å². The molecule has 0 radical (unpaired) electrons. The second-order valence-electron chi connectivity index (χ2n) is 6.45. The number of ether oxygens (including phenoxy) is 1. The van der Waals surface area contributed by atoms with Crippen LogP contribution in [-0.2, 0) is 16.1 Å². The quantitative estimate of drug-likeness (QED) is 0.503. The number of amides is 1. The number of β-amino-alcohol motifs (C(OH)–C–C–N with tert-alkyl or cyclic N) is 1. The number of carbonyl (C=O) groups is 1. The largest absolute Gasteiger partial charge is 0.474 e. The smallest absolute Gasteiger partial charge is 0.256 e. The van der Waals surface area contributed by atoms with Crippen LogP contribution in [0.2, 0.25) is 0 Å². The second kappa shape index (κ2) is 9.13. The first-order chi connectivity index (χ1) is 14.3. The molecule has 2 N–H and O–H groups in total. The average molecular weight is 438 g/mol. The Balaban J connectivity index is 1.80. The van der Waals surface area contributed by atoms with Crippen molar-refractivity contribution in [3.8, 4) is 5.69 Å². The Hall–Kier alpha value is -3.12. The summed E-state index contributed by atoms with van der Waals surface area (Å²) >= 11 is 4.86. The molecule has 1 aliphatic heterocycles. The highest BCUT2D eigenvalue weighted by Crippen LogP contribution is 2.28. The van der Waals surface area contributed by atoms with E-state index in [0.717, 1.165) is 12.1 Å². The highest BCUT2D eigenvalue weighted by molar-refractivity contribution is 7.80. The predicted molar refractivity (Wildman–Crippen MR) is 108 cm³/mol. The summed E-state index contributed by atoms with van der Waals surface area (Å²) in [6, 6.07) is 2.16. The van der Waals surface area contributed by atoms with Gasteiger partial charge in [0.15, 0.2) is 11.6 Å². The molecule has 30 heavy (non-hydrogen) atoms. The zero-order valence-corrected chi connectivity index (χ0v) is 16.9. The molecule has 0 bridgehead atoms. The lowest BCUT2D eigenvalue weighted by molar-refractivity contribution is -0.141. The van der Waals surface area contributed by atoms with Crippen LogP contribution in [0.5, 0.6) is 0 Å². The zero-order chi connectivity index (χ0) is 21.8. The summed E-state index contributed by atoms with van der Waals surface area (Å²) in [5.41, 5.74) is 0.196. The Kier molecular flexibility index (Phi) is 6.57. The molecule has 0 saturated carbocycles. The number of aliphatic hydroxyl groups excluding tert-OH is 1. The van der Waals surface area contributed by atoms with Gasteiger partial charge in [-0.25, -0.2) is 13.5 Å². The molecule has 1 aromatic heterocycles. The first-order valence-electron chi connectivity index (χ1n) is 8.90. The van der Waals surface area contributed by atoms with Crippen LogP contribution in [0, 0.1) is 11.6 Å². The van der Waals surface area contributed by atoms with E-state index in [2.05, 4.69) is 22.2 Å². The normalized spacial score (nSPS) is 16.5. The van der Waals surface area contributed by atoms with Gasteiger partial charge in [-0.1, -0.05) is 11.3 Å². The minimum absolute atomic E-state index is 0.110. The molecule has 0 aliphatic carbocycles. The number of anilines is 1. The summed E-state index contributed by atoms with van der Waals surface area (Å²) in [5.74, 6) is -2.24. The number of hydrogen-bond acceptors (Lipinski definition) is 7. The number of nitrogens with one attached hydrogen (secondary N) is 1. The highest BCUT2D eigenvalue weighted by Gasteiger charge is 2.33. The maximum atomic E-state index is 14.8. The Labute approximate surface area is 176 Å². The number of piperazine rings is 1. The number of hydrogen-bond donors (Lipinski definition) is 2. The summed E-state index contributed by atoms with van der Waals surface area (Å²) in [4.78, 5) is 14.6. The van der Waals surface area contributed by atoms with Crippen LogP contribution < -0.4 is 10.2 Å². The monoisotopic (exact) mass is 438 g/mol. The van der Waals surface area contributed by atoms with Crippen LogP contribution in [0.3, 0.4) is 0 Å². The van der Waals surface area contributed by atoms with Gasteiger partial charge in [0.2, 0.25) is 5.91 Å². The van der Waals surface area contributed by atoms with Crippen molar-refractivity contribution in [2.45, 2.75) is 12.8 Å². The zero-order valence-electron chi connectivity index (χ0n) is 16.1. The maximum absolute atomic E-state index is 14.8. The van der Waals surface area contributed by atoms with Crippen molar-refractivity contribution < 1.29 is 23.4 Å². The summed E-state index contributed by atoms with van der Waals surface area (Å²) in [5, 5.41) is 20.9. The minimum Gasteiger partial charge on any atom is -0.474 e. The highest BCUT2D eigenvalue weighted by atomic mass is 32.1. The Bertz CT molecular complexity index is 946. The molecule has 2 heterocycles. The molecule has 1 amide bonds. The summed E-state index contributed by atoms with van der Waals surface area (Å²) in [7, 11) is 1.42. The lowest BCUT2D eigenvalue weighted by Gasteiger charge is -2.39. The fourth-order valence-electron chi connectivity index (χ4n) is 3.04. The average Bonchev–Trinajstić information content (AvgIpc) is 3.17. The predicted octanol–water partition coefficient (Wildman–Crippen LogP) is 0.719. The molecular formula is C18H20F2N6O3S. The van der Waals surface area contributed by atoms with Crippen LogP contribution in [0.4, 0.5) is 14.5 Å². The molecule has 9 nitrogen and oxygen atoms in total. The van der Waals surface area contributed by atoms with E-state index < -0.39 is 29.5 Å². The Morgan fingerprint density at radius 1 is 1.47 bits per heavy atom. The molecule has 1 saturated heterocycles. The maximum Gasteiger partial charge on any atom is 0.256 e. The third-order valence-corrected chi connectivity index (χ3v) is 4.75. The van der Waals surface area contributed by atoms with Crippen LogP contribution in [0.25, 0.3) is 5.69 Å². The van der Waals surface area contributed by atoms with Gasteiger partial charge in [-0.05, 0) is 12.2 Å². The van der Waals surface area contributed by atoms with E-state index in [1.165, 1.54) is 33.9 Å². The van der Waals surface area contributed by atoms with Crippen molar-refractivity contribution in [1.82, 2.24) is 25.2 Å². The molecule has 3 rings (SSSR count). The van der Waals surface area contributed by atoms with Crippen molar-refractivity contribution in [3.05, 3.63) is 48.3 Å². The van der Waals surface area contributed by atoms with Crippen LogP contribution in [-0.4, -0.2) is 69.1 Å². The number of thiocarbonyl (C=S) groups is 1. The van der Waals surface area contributed by atoms with E-state index in [0.29, 0.717) is 5.69 Å². The number of methoxy groups -OCH3 is 1. The van der Waals surface area contributed by atoms with Gasteiger partial charge >= 0.3 is 0 Å². The van der Waals surface area contributed by atoms with Crippen molar-refractivity contribution in [1.29, 1.82) is 0 Å². The van der Waals surface area contributed by atoms with E-state index >= 15 is 0 Å². The molecule has 1 aromatic carbocycles. The SMILES string of the molecule is C=CCN1C(=O)CN(c2c(F)cc(-n3cc(CNC(=S)OC)nn3)cc2F)CC1O. The third-order valence-electron chi connectivity index (χ3n) is 4.44. The van der Waals surface area contributed by atoms with Gasteiger partial charge in [-0.3, -0.25) is 4.79 Å². The van der Waals surface area contributed by atoms with Crippen molar-refractivity contribution in [2.24, 2.45) is 0 Å². The third kappa shape index (κ3) is 4.54. The standard InChI is InChI=1S/C18H20F2N6O3S/c1-3-4-25-15(27)9-24(10-16(25)28)17-13(19)5-12(6-14(17)20)26-8-11(22-23-26)7-21-18(30)29-2/h3,5-6,8,15,27H,1,4,7,9-10H2,2H3,(H,21,30). The van der Waals surface area contributed by atoms with Gasteiger partial charge in [0.25, 0.3) is 5.17 Å². The second-order valence-corrected chi connectivity index (χ2v) is 6.82. The lowest BCUT2D eigenvalue weighted by Crippen LogP contribution is -2.56. The van der Waals surface area contributed by atoms with Crippen LogP contribution in [0.15, 0.2) is 31.0 Å². The summed E-state index contributed by atoms with van der Waals surface area (Å²) in [6.07, 6.45) is 1.75. The first kappa shape index (κ1) is 21.6. The number of aromatic nitrogens is 3. The number of carbonyl (C=O) groups excluding carboxylic acids is 1. The van der Waals surface area contributed by atoms with E-state index in [1.54, 1.807) is 0 Å². The molecule has 1 unspecified atom stereocenters. The van der Waals surface area contributed by atoms with E-state index in [-0.39, 0.29) is 37.0 Å². The number of aliphatic hydroxyl groups is 1. The molecular weight excluding hydrogens is 418 g/mol. The topological polar surface area (TPSA) is 95.8 Å². The summed E-state index contributed by atoms with van der Waals surface area (Å²) in [6.45, 7) is 3.50. The molecule has 12 heteroatoms. The van der Waals surface area contributed by atoms with Crippen molar-refractivity contribution in [3.63, 3.8) is 0 Å². The van der Waals surface area contributed by atoms with E-state index in [9.17, 15) is 18.7 Å². The number of halogens is 2. The number of rotatable bonds is 6. The van der Waals surface area contributed by atoms with Crippen LogP contribution in [0.1, 0.15) is 5.69 Å². The first-order valence-corrected chi connectivity index (χ1v) is 9.30. The van der Waals surface area contributed by atoms with E-state index in [1.807, 2.05) is 0 Å². The molecule has 1 atom stereocenters. The minimum atomic E-state index is -1.20. The number of nitrogens with zero attached hydrogens (tertiary/aromatic N) is 5. The molecule has 2 aromatic rings.